The van der Waals surface area contributed by atoms with Crippen molar-refractivity contribution in [1.82, 2.24) is 0 Å². The van der Waals surface area contributed by atoms with Crippen molar-refractivity contribution in [1.29, 1.82) is 0 Å². The summed E-state index contributed by atoms with van der Waals surface area (Å²) in [5.74, 6) is 1.65. The Morgan fingerprint density at radius 2 is 0.721 bits per heavy atom. The van der Waals surface area contributed by atoms with Crippen LogP contribution in [-0.4, -0.2) is 0 Å². The van der Waals surface area contributed by atoms with Gasteiger partial charge in [0.05, 0.1) is 0 Å². The maximum absolute atomic E-state index is 6.12. The van der Waals surface area contributed by atoms with E-state index in [9.17, 15) is 0 Å². The second-order valence-electron chi connectivity index (χ2n) is 10.6. The first-order valence-corrected chi connectivity index (χ1v) is 16.0. The molecular weight excluding hydrogens is 561 g/mol. The molecule has 204 valence electrons. The van der Waals surface area contributed by atoms with Gasteiger partial charge < -0.3 is 4.74 Å². The molecule has 0 aliphatic heterocycles. The molecule has 0 bridgehead atoms. The van der Waals surface area contributed by atoms with Crippen LogP contribution >= 0.6 is 22.7 Å². The lowest BCUT2D eigenvalue weighted by atomic mass is 10.1. The molecule has 0 N–H and O–H groups in total. The van der Waals surface area contributed by atoms with Gasteiger partial charge in [-0.25, -0.2) is 0 Å². The van der Waals surface area contributed by atoms with Crippen molar-refractivity contribution in [2.45, 2.75) is 0 Å². The van der Waals surface area contributed by atoms with Gasteiger partial charge in [0.2, 0.25) is 0 Å². The molecule has 0 unspecified atom stereocenters. The molecule has 0 aliphatic carbocycles. The van der Waals surface area contributed by atoms with Crippen molar-refractivity contribution in [3.63, 3.8) is 0 Å². The predicted octanol–water partition coefficient (Wildman–Crippen LogP) is 12.6. The van der Waals surface area contributed by atoms with Crippen molar-refractivity contribution in [2.24, 2.45) is 0 Å². The molecule has 0 aliphatic rings. The van der Waals surface area contributed by atoms with Crippen molar-refractivity contribution >= 4 is 87.3 Å². The summed E-state index contributed by atoms with van der Waals surface area (Å²) in [5.41, 5.74) is 4.68. The zero-order valence-electron chi connectivity index (χ0n) is 23.2. The summed E-state index contributed by atoms with van der Waals surface area (Å²) in [6.45, 7) is 0. The van der Waals surface area contributed by atoms with E-state index >= 15 is 0 Å². The number of hydrogen-bond acceptors (Lipinski definition) is 3. The molecule has 6 aromatic carbocycles. The van der Waals surface area contributed by atoms with Crippen LogP contribution in [-0.2, 0) is 0 Å². The largest absolute Gasteiger partial charge is 0.457 e. The minimum absolute atomic E-state index is 0.823. The number of hydrogen-bond donors (Lipinski definition) is 0. The summed E-state index contributed by atoms with van der Waals surface area (Å²) in [6.07, 6.45) is 8.65. The second-order valence-corrected chi connectivity index (χ2v) is 12.8. The monoisotopic (exact) mass is 586 g/mol. The number of fused-ring (bicyclic) bond motifs is 6. The van der Waals surface area contributed by atoms with Gasteiger partial charge in [0, 0.05) is 40.3 Å². The summed E-state index contributed by atoms with van der Waals surface area (Å²) in [6, 6.07) is 47.1. The predicted molar refractivity (Wildman–Crippen MR) is 189 cm³/mol. The van der Waals surface area contributed by atoms with Crippen LogP contribution in [0.5, 0.6) is 11.5 Å². The van der Waals surface area contributed by atoms with Crippen LogP contribution in [0.1, 0.15) is 22.3 Å². The van der Waals surface area contributed by atoms with E-state index in [-0.39, 0.29) is 0 Å². The number of ether oxygens (including phenoxy) is 1. The lowest BCUT2D eigenvalue weighted by Gasteiger charge is -2.06. The van der Waals surface area contributed by atoms with E-state index in [1.165, 1.54) is 51.5 Å². The molecule has 8 rings (SSSR count). The van der Waals surface area contributed by atoms with Gasteiger partial charge in [-0.15, -0.1) is 22.7 Å². The van der Waals surface area contributed by atoms with Gasteiger partial charge >= 0.3 is 0 Å². The van der Waals surface area contributed by atoms with E-state index in [0.717, 1.165) is 22.6 Å². The fourth-order valence-electron chi connectivity index (χ4n) is 5.51. The molecule has 0 atom stereocenters. The smallest absolute Gasteiger partial charge is 0.127 e. The zero-order chi connectivity index (χ0) is 28.6. The lowest BCUT2D eigenvalue weighted by molar-refractivity contribution is 0.482. The third-order valence-corrected chi connectivity index (χ3v) is 10.0. The first-order valence-electron chi connectivity index (χ1n) is 14.3. The molecular formula is C40H26OS2. The molecule has 8 aromatic rings. The average molecular weight is 587 g/mol. The molecule has 0 saturated heterocycles. The highest BCUT2D eigenvalue weighted by Crippen LogP contribution is 2.35. The molecule has 0 fully saturated rings. The molecule has 1 nitrogen and oxygen atoms in total. The number of thiophene rings is 2. The van der Waals surface area contributed by atoms with Crippen LogP contribution < -0.4 is 4.74 Å². The minimum atomic E-state index is 0.823. The SMILES string of the molecule is C(=C\c1ccc2c(c1)sc1ccccc12)/c1ccc(Oc2ccc(/C=C/c3ccc4c(c3)sc3ccccc34)cc2)cc1. The Balaban J connectivity index is 0.917. The fraction of sp³-hybridized carbons (Fsp3) is 0. The Kier molecular flexibility index (Phi) is 6.60. The highest BCUT2D eigenvalue weighted by atomic mass is 32.1. The second kappa shape index (κ2) is 11.0. The molecule has 2 heterocycles. The maximum atomic E-state index is 6.12. The highest BCUT2D eigenvalue weighted by molar-refractivity contribution is 7.26. The van der Waals surface area contributed by atoms with E-state index in [2.05, 4.69) is 133 Å². The Hall–Kier alpha value is -4.96. The van der Waals surface area contributed by atoms with Crippen LogP contribution in [0.3, 0.4) is 0 Å². The van der Waals surface area contributed by atoms with E-state index in [1.807, 2.05) is 46.9 Å². The third-order valence-electron chi connectivity index (χ3n) is 7.74. The van der Waals surface area contributed by atoms with E-state index in [1.54, 1.807) is 0 Å². The highest BCUT2D eigenvalue weighted by Gasteiger charge is 2.06. The molecule has 0 saturated carbocycles. The Morgan fingerprint density at radius 3 is 1.19 bits per heavy atom. The molecule has 0 radical (unpaired) electrons. The summed E-state index contributed by atoms with van der Waals surface area (Å²) >= 11 is 3.70. The van der Waals surface area contributed by atoms with Gasteiger partial charge in [0.15, 0.2) is 0 Å². The lowest BCUT2D eigenvalue weighted by Crippen LogP contribution is -1.84. The molecule has 2 aromatic heterocycles. The van der Waals surface area contributed by atoms with Gasteiger partial charge in [0.1, 0.15) is 11.5 Å². The van der Waals surface area contributed by atoms with Crippen LogP contribution in [0.4, 0.5) is 0 Å². The topological polar surface area (TPSA) is 9.23 Å². The quantitative estimate of drug-likeness (QED) is 0.176. The van der Waals surface area contributed by atoms with Crippen LogP contribution in [0, 0.1) is 0 Å². The van der Waals surface area contributed by atoms with Crippen LogP contribution in [0.15, 0.2) is 133 Å². The van der Waals surface area contributed by atoms with Gasteiger partial charge in [-0.05, 0) is 70.8 Å². The minimum Gasteiger partial charge on any atom is -0.457 e. The van der Waals surface area contributed by atoms with Crippen molar-refractivity contribution in [3.05, 3.63) is 156 Å². The first kappa shape index (κ1) is 25.7. The van der Waals surface area contributed by atoms with E-state index < -0.39 is 0 Å². The zero-order valence-corrected chi connectivity index (χ0v) is 24.9. The summed E-state index contributed by atoms with van der Waals surface area (Å²) in [7, 11) is 0. The standard InChI is InChI=1S/C40H26OS2/c1-3-7-37-33(5-1)35-23-17-29(25-39(35)42-37)11-9-27-13-19-31(20-14-27)41-32-21-15-28(16-22-32)10-12-30-18-24-36-34-6-2-4-8-38(34)43-40(36)26-30/h1-26H/b11-9+,12-10+. The van der Waals surface area contributed by atoms with Crippen molar-refractivity contribution in [3.8, 4) is 11.5 Å². The Morgan fingerprint density at radius 1 is 0.349 bits per heavy atom. The summed E-state index contributed by atoms with van der Waals surface area (Å²) < 4.78 is 11.4. The third kappa shape index (κ3) is 5.25. The molecule has 0 amide bonds. The van der Waals surface area contributed by atoms with Gasteiger partial charge in [0.25, 0.3) is 0 Å². The number of rotatable bonds is 6. The molecule has 43 heavy (non-hydrogen) atoms. The maximum Gasteiger partial charge on any atom is 0.127 e. The Bertz CT molecular complexity index is 2130. The van der Waals surface area contributed by atoms with Crippen molar-refractivity contribution < 1.29 is 4.74 Å². The van der Waals surface area contributed by atoms with Crippen LogP contribution in [0.25, 0.3) is 64.6 Å². The molecule has 0 spiro atoms. The number of benzene rings is 6. The summed E-state index contributed by atoms with van der Waals surface area (Å²) in [5, 5.41) is 5.32. The van der Waals surface area contributed by atoms with Gasteiger partial charge in [-0.2, -0.15) is 0 Å². The fourth-order valence-corrected chi connectivity index (χ4v) is 7.82. The average Bonchev–Trinajstić information content (AvgIpc) is 3.61. The molecule has 3 heteroatoms. The first-order chi connectivity index (χ1) is 21.2. The van der Waals surface area contributed by atoms with E-state index in [4.69, 9.17) is 4.74 Å². The Labute approximate surface area is 258 Å². The van der Waals surface area contributed by atoms with Gasteiger partial charge in [-0.1, -0.05) is 109 Å². The van der Waals surface area contributed by atoms with Crippen LogP contribution in [0.2, 0.25) is 0 Å². The summed E-state index contributed by atoms with van der Waals surface area (Å²) in [4.78, 5) is 0. The van der Waals surface area contributed by atoms with Crippen molar-refractivity contribution in [2.75, 3.05) is 0 Å². The normalized spacial score (nSPS) is 12.0. The van der Waals surface area contributed by atoms with E-state index in [0.29, 0.717) is 0 Å². The van der Waals surface area contributed by atoms with Gasteiger partial charge in [-0.3, -0.25) is 0 Å².